The molecule has 1 heterocycles. The smallest absolute Gasteiger partial charge is 0.242 e. The number of nitrogens with zero attached hydrogens (tertiary/aromatic N) is 3. The van der Waals surface area contributed by atoms with Crippen molar-refractivity contribution in [3.63, 3.8) is 0 Å². The van der Waals surface area contributed by atoms with Crippen LogP contribution in [0.15, 0.2) is 30.6 Å². The van der Waals surface area contributed by atoms with Gasteiger partial charge >= 0.3 is 0 Å². The second kappa shape index (κ2) is 6.43. The van der Waals surface area contributed by atoms with Crippen molar-refractivity contribution in [2.24, 2.45) is 0 Å². The quantitative estimate of drug-likeness (QED) is 0.915. The molecule has 1 aromatic carbocycles. The third-order valence-corrected chi connectivity index (χ3v) is 3.04. The largest absolute Gasteiger partial charge is 0.473 e. The average Bonchev–Trinajstić information content (AvgIpc) is 2.40. The molecule has 21 heavy (non-hydrogen) atoms. The second-order valence-electron chi connectivity index (χ2n) is 5.43. The number of nitrogen functional groups attached to an aromatic ring is 1. The summed E-state index contributed by atoms with van der Waals surface area (Å²) in [7, 11) is 1.96. The van der Waals surface area contributed by atoms with Gasteiger partial charge in [0, 0.05) is 13.6 Å². The molecule has 0 radical (unpaired) electrons. The van der Waals surface area contributed by atoms with Gasteiger partial charge in [-0.3, -0.25) is 0 Å². The molecular formula is C16H22N4O. The van der Waals surface area contributed by atoms with Gasteiger partial charge in [-0.25, -0.2) is 4.98 Å². The van der Waals surface area contributed by atoms with Crippen LogP contribution in [-0.2, 0) is 6.54 Å². The van der Waals surface area contributed by atoms with E-state index in [1.54, 1.807) is 0 Å². The lowest BCUT2D eigenvalue weighted by Gasteiger charge is -2.21. The molecule has 0 saturated heterocycles. The first-order chi connectivity index (χ1) is 9.97. The molecule has 0 bridgehead atoms. The number of rotatable bonds is 5. The third-order valence-electron chi connectivity index (χ3n) is 3.04. The van der Waals surface area contributed by atoms with E-state index in [0.717, 1.165) is 6.54 Å². The van der Waals surface area contributed by atoms with E-state index in [1.807, 2.05) is 25.8 Å². The SMILES string of the molecule is Cc1cccc(CN(C)c2ncnc(OC(C)C)c2N)c1. The molecule has 2 N–H and O–H groups in total. The molecule has 1 aromatic heterocycles. The molecule has 5 heteroatoms. The Bertz CT molecular complexity index is 613. The highest BCUT2D eigenvalue weighted by Gasteiger charge is 2.14. The zero-order valence-corrected chi connectivity index (χ0v) is 13.0. The number of aryl methyl sites for hydroxylation is 1. The molecule has 0 aliphatic rings. The predicted molar refractivity (Wildman–Crippen MR) is 85.5 cm³/mol. The summed E-state index contributed by atoms with van der Waals surface area (Å²) in [6, 6.07) is 8.37. The van der Waals surface area contributed by atoms with Gasteiger partial charge in [-0.15, -0.1) is 0 Å². The van der Waals surface area contributed by atoms with Gasteiger partial charge in [-0.05, 0) is 26.3 Å². The van der Waals surface area contributed by atoms with E-state index in [0.29, 0.717) is 17.4 Å². The molecule has 0 spiro atoms. The van der Waals surface area contributed by atoms with Crippen LogP contribution in [0.5, 0.6) is 5.88 Å². The van der Waals surface area contributed by atoms with Gasteiger partial charge in [-0.2, -0.15) is 4.98 Å². The Morgan fingerprint density at radius 2 is 2.05 bits per heavy atom. The summed E-state index contributed by atoms with van der Waals surface area (Å²) in [6.45, 7) is 6.69. The van der Waals surface area contributed by atoms with Crippen LogP contribution < -0.4 is 15.4 Å². The van der Waals surface area contributed by atoms with Crippen LogP contribution in [0.4, 0.5) is 11.5 Å². The fraction of sp³-hybridized carbons (Fsp3) is 0.375. The maximum Gasteiger partial charge on any atom is 0.242 e. The molecule has 0 aliphatic carbocycles. The second-order valence-corrected chi connectivity index (χ2v) is 5.43. The zero-order valence-electron chi connectivity index (χ0n) is 13.0. The zero-order chi connectivity index (χ0) is 15.4. The van der Waals surface area contributed by atoms with Crippen molar-refractivity contribution in [3.05, 3.63) is 41.7 Å². The van der Waals surface area contributed by atoms with Crippen molar-refractivity contribution in [1.82, 2.24) is 9.97 Å². The molecule has 2 aromatic rings. The Kier molecular flexibility index (Phi) is 4.62. The molecule has 5 nitrogen and oxygen atoms in total. The summed E-state index contributed by atoms with van der Waals surface area (Å²) in [5.41, 5.74) is 9.04. The molecule has 112 valence electrons. The monoisotopic (exact) mass is 286 g/mol. The number of ether oxygens (including phenoxy) is 1. The number of aromatic nitrogens is 2. The first-order valence-corrected chi connectivity index (χ1v) is 7.01. The minimum absolute atomic E-state index is 0.0251. The van der Waals surface area contributed by atoms with Crippen molar-refractivity contribution in [3.8, 4) is 5.88 Å². The van der Waals surface area contributed by atoms with Gasteiger partial charge in [0.2, 0.25) is 5.88 Å². The van der Waals surface area contributed by atoms with Crippen LogP contribution in [0.2, 0.25) is 0 Å². The van der Waals surface area contributed by atoms with Gasteiger partial charge in [0.25, 0.3) is 0 Å². The van der Waals surface area contributed by atoms with E-state index >= 15 is 0 Å². The number of nitrogens with two attached hydrogens (primary N) is 1. The van der Waals surface area contributed by atoms with E-state index in [9.17, 15) is 0 Å². The standard InChI is InChI=1S/C16H22N4O/c1-11(2)21-16-14(17)15(18-10-19-16)20(4)9-13-7-5-6-12(3)8-13/h5-8,10-11H,9,17H2,1-4H3. The van der Waals surface area contributed by atoms with Crippen LogP contribution in [0.1, 0.15) is 25.0 Å². The van der Waals surface area contributed by atoms with Crippen molar-refractivity contribution >= 4 is 11.5 Å². The maximum atomic E-state index is 6.12. The fourth-order valence-electron chi connectivity index (χ4n) is 2.15. The summed E-state index contributed by atoms with van der Waals surface area (Å²) in [5.74, 6) is 1.12. The van der Waals surface area contributed by atoms with Crippen LogP contribution in [0, 0.1) is 6.92 Å². The molecular weight excluding hydrogens is 264 g/mol. The predicted octanol–water partition coefficient (Wildman–Crippen LogP) is 2.79. The lowest BCUT2D eigenvalue weighted by Crippen LogP contribution is -2.20. The van der Waals surface area contributed by atoms with E-state index in [4.69, 9.17) is 10.5 Å². The van der Waals surface area contributed by atoms with Crippen LogP contribution >= 0.6 is 0 Å². The van der Waals surface area contributed by atoms with Crippen molar-refractivity contribution < 1.29 is 4.74 Å². The molecule has 2 rings (SSSR count). The highest BCUT2D eigenvalue weighted by Crippen LogP contribution is 2.28. The normalized spacial score (nSPS) is 10.7. The Morgan fingerprint density at radius 3 is 2.71 bits per heavy atom. The van der Waals surface area contributed by atoms with Gasteiger partial charge in [0.1, 0.15) is 12.0 Å². The first-order valence-electron chi connectivity index (χ1n) is 7.01. The summed E-state index contributed by atoms with van der Waals surface area (Å²) in [6.07, 6.45) is 1.51. The van der Waals surface area contributed by atoms with Gasteiger partial charge in [0.15, 0.2) is 5.82 Å². The minimum atomic E-state index is 0.0251. The van der Waals surface area contributed by atoms with Gasteiger partial charge in [-0.1, -0.05) is 29.8 Å². The molecule has 0 fully saturated rings. The Labute approximate surface area is 125 Å². The van der Waals surface area contributed by atoms with Crippen LogP contribution in [0.3, 0.4) is 0 Å². The Morgan fingerprint density at radius 1 is 1.29 bits per heavy atom. The molecule has 0 saturated carbocycles. The highest BCUT2D eigenvalue weighted by atomic mass is 16.5. The van der Waals surface area contributed by atoms with E-state index in [-0.39, 0.29) is 6.10 Å². The molecule has 0 unspecified atom stereocenters. The lowest BCUT2D eigenvalue weighted by atomic mass is 10.1. The van der Waals surface area contributed by atoms with Crippen molar-refractivity contribution in [1.29, 1.82) is 0 Å². The van der Waals surface area contributed by atoms with E-state index < -0.39 is 0 Å². The summed E-state index contributed by atoms with van der Waals surface area (Å²) in [4.78, 5) is 10.4. The number of benzene rings is 1. The first kappa shape index (κ1) is 15.1. The maximum absolute atomic E-state index is 6.12. The summed E-state index contributed by atoms with van der Waals surface area (Å²) in [5, 5.41) is 0. The number of hydrogen-bond acceptors (Lipinski definition) is 5. The molecule has 0 aliphatic heterocycles. The van der Waals surface area contributed by atoms with Gasteiger partial charge in [0.05, 0.1) is 6.10 Å². The third kappa shape index (κ3) is 3.84. The van der Waals surface area contributed by atoms with Crippen molar-refractivity contribution in [2.45, 2.75) is 33.4 Å². The number of anilines is 2. The molecule has 0 amide bonds. The average molecular weight is 286 g/mol. The van der Waals surface area contributed by atoms with Crippen LogP contribution in [0.25, 0.3) is 0 Å². The van der Waals surface area contributed by atoms with Crippen molar-refractivity contribution in [2.75, 3.05) is 17.7 Å². The molecule has 0 atom stereocenters. The summed E-state index contributed by atoms with van der Waals surface area (Å²) >= 11 is 0. The Balaban J connectivity index is 2.21. The van der Waals surface area contributed by atoms with E-state index in [1.165, 1.54) is 17.5 Å². The minimum Gasteiger partial charge on any atom is -0.473 e. The number of hydrogen-bond donors (Lipinski definition) is 1. The highest BCUT2D eigenvalue weighted by molar-refractivity contribution is 5.67. The van der Waals surface area contributed by atoms with Gasteiger partial charge < -0.3 is 15.4 Å². The van der Waals surface area contributed by atoms with E-state index in [2.05, 4.69) is 41.2 Å². The topological polar surface area (TPSA) is 64.3 Å². The summed E-state index contributed by atoms with van der Waals surface area (Å²) < 4.78 is 5.60. The Hall–Kier alpha value is -2.30. The van der Waals surface area contributed by atoms with Crippen LogP contribution in [-0.4, -0.2) is 23.1 Å². The lowest BCUT2D eigenvalue weighted by molar-refractivity contribution is 0.234. The fourth-order valence-corrected chi connectivity index (χ4v) is 2.15.